The number of nitrogens with zero attached hydrogens (tertiary/aromatic N) is 1. The predicted molar refractivity (Wildman–Crippen MR) is 129 cm³/mol. The standard InChI is InChI=1S/C25H24ClN3O4/c1-16-6-4-5-7-19(16)15-33-22-11-9-18(12-23(22)32-3)14-27-29-25(31)24(30)28-20-10-8-17(2)21(26)13-20/h4-14H,15H2,1-3H3,(H,28,30)(H,29,31)/b27-14+. The molecule has 8 heteroatoms. The van der Waals surface area contributed by atoms with E-state index in [-0.39, 0.29) is 0 Å². The first-order valence-electron chi connectivity index (χ1n) is 10.1. The third kappa shape index (κ3) is 6.57. The largest absolute Gasteiger partial charge is 0.493 e. The zero-order valence-electron chi connectivity index (χ0n) is 18.5. The summed E-state index contributed by atoms with van der Waals surface area (Å²) < 4.78 is 11.3. The van der Waals surface area contributed by atoms with Crippen molar-refractivity contribution in [1.29, 1.82) is 0 Å². The van der Waals surface area contributed by atoms with Gasteiger partial charge in [-0.15, -0.1) is 0 Å². The molecule has 0 aliphatic rings. The maximum atomic E-state index is 12.0. The Bertz CT molecular complexity index is 1190. The summed E-state index contributed by atoms with van der Waals surface area (Å²) in [5.74, 6) is -0.663. The molecule has 3 aromatic carbocycles. The normalized spacial score (nSPS) is 10.7. The van der Waals surface area contributed by atoms with Crippen molar-refractivity contribution in [2.45, 2.75) is 20.5 Å². The number of benzene rings is 3. The van der Waals surface area contributed by atoms with Crippen LogP contribution in [0.4, 0.5) is 5.69 Å². The van der Waals surface area contributed by atoms with E-state index in [0.717, 1.165) is 16.7 Å². The fraction of sp³-hybridized carbons (Fsp3) is 0.160. The molecular weight excluding hydrogens is 442 g/mol. The van der Waals surface area contributed by atoms with E-state index in [1.807, 2.05) is 38.1 Å². The first kappa shape index (κ1) is 23.8. The predicted octanol–water partition coefficient (Wildman–Crippen LogP) is 4.63. The van der Waals surface area contributed by atoms with Crippen LogP contribution < -0.4 is 20.2 Å². The summed E-state index contributed by atoms with van der Waals surface area (Å²) in [6.07, 6.45) is 1.40. The highest BCUT2D eigenvalue weighted by Crippen LogP contribution is 2.28. The van der Waals surface area contributed by atoms with Crippen molar-refractivity contribution in [3.8, 4) is 11.5 Å². The van der Waals surface area contributed by atoms with E-state index in [2.05, 4.69) is 15.8 Å². The minimum Gasteiger partial charge on any atom is -0.493 e. The molecular formula is C25H24ClN3O4. The van der Waals surface area contributed by atoms with Gasteiger partial charge in [0, 0.05) is 10.7 Å². The van der Waals surface area contributed by atoms with E-state index in [9.17, 15) is 9.59 Å². The highest BCUT2D eigenvalue weighted by molar-refractivity contribution is 6.39. The van der Waals surface area contributed by atoms with Crippen molar-refractivity contribution in [1.82, 2.24) is 5.43 Å². The molecule has 0 aromatic heterocycles. The van der Waals surface area contributed by atoms with Gasteiger partial charge in [0.05, 0.1) is 13.3 Å². The van der Waals surface area contributed by atoms with Gasteiger partial charge in [0.15, 0.2) is 11.5 Å². The van der Waals surface area contributed by atoms with Gasteiger partial charge in [0.2, 0.25) is 0 Å². The van der Waals surface area contributed by atoms with Crippen molar-refractivity contribution in [3.05, 3.63) is 87.9 Å². The summed E-state index contributed by atoms with van der Waals surface area (Å²) in [6, 6.07) is 18.2. The van der Waals surface area contributed by atoms with E-state index < -0.39 is 11.8 Å². The Labute approximate surface area is 197 Å². The second-order valence-corrected chi connectivity index (χ2v) is 7.65. The number of halogens is 1. The number of aryl methyl sites for hydroxylation is 2. The van der Waals surface area contributed by atoms with Gasteiger partial charge in [-0.2, -0.15) is 5.10 Å². The Hall–Kier alpha value is -3.84. The van der Waals surface area contributed by atoms with Crippen LogP contribution in [0.3, 0.4) is 0 Å². The number of hydrogen-bond acceptors (Lipinski definition) is 5. The second kappa shape index (κ2) is 11.2. The van der Waals surface area contributed by atoms with E-state index in [4.69, 9.17) is 21.1 Å². The monoisotopic (exact) mass is 465 g/mol. The van der Waals surface area contributed by atoms with E-state index >= 15 is 0 Å². The van der Waals surface area contributed by atoms with Gasteiger partial charge >= 0.3 is 11.8 Å². The summed E-state index contributed by atoms with van der Waals surface area (Å²) in [6.45, 7) is 4.28. The van der Waals surface area contributed by atoms with Crippen LogP contribution in [0.1, 0.15) is 22.3 Å². The van der Waals surface area contributed by atoms with Crippen LogP contribution in [0.15, 0.2) is 65.8 Å². The average molecular weight is 466 g/mol. The number of anilines is 1. The third-order valence-electron chi connectivity index (χ3n) is 4.85. The summed E-state index contributed by atoms with van der Waals surface area (Å²) in [5, 5.41) is 6.80. The first-order chi connectivity index (χ1) is 15.9. The summed E-state index contributed by atoms with van der Waals surface area (Å²) >= 11 is 6.03. The fourth-order valence-electron chi connectivity index (χ4n) is 2.89. The number of hydrogen-bond donors (Lipinski definition) is 2. The van der Waals surface area contributed by atoms with Gasteiger partial charge in [0.25, 0.3) is 0 Å². The lowest BCUT2D eigenvalue weighted by atomic mass is 10.1. The molecule has 3 aromatic rings. The molecule has 0 radical (unpaired) electrons. The van der Waals surface area contributed by atoms with Crippen molar-refractivity contribution >= 4 is 35.3 Å². The number of rotatable bonds is 7. The smallest absolute Gasteiger partial charge is 0.329 e. The number of ether oxygens (including phenoxy) is 2. The number of amides is 2. The van der Waals surface area contributed by atoms with Crippen LogP contribution in [0.25, 0.3) is 0 Å². The first-order valence-corrected chi connectivity index (χ1v) is 10.5. The molecule has 0 heterocycles. The lowest BCUT2D eigenvalue weighted by Crippen LogP contribution is -2.32. The van der Waals surface area contributed by atoms with Crippen molar-refractivity contribution < 1.29 is 19.1 Å². The number of nitrogens with one attached hydrogen (secondary N) is 2. The van der Waals surface area contributed by atoms with Crippen LogP contribution in [0, 0.1) is 13.8 Å². The van der Waals surface area contributed by atoms with Crippen molar-refractivity contribution in [2.75, 3.05) is 12.4 Å². The molecule has 3 rings (SSSR count). The van der Waals surface area contributed by atoms with E-state index in [0.29, 0.717) is 34.4 Å². The van der Waals surface area contributed by atoms with Gasteiger partial charge in [-0.1, -0.05) is 41.9 Å². The lowest BCUT2D eigenvalue weighted by Gasteiger charge is -2.12. The van der Waals surface area contributed by atoms with Gasteiger partial charge in [0.1, 0.15) is 6.61 Å². The minimum atomic E-state index is -0.909. The number of hydrazone groups is 1. The van der Waals surface area contributed by atoms with Gasteiger partial charge in [-0.25, -0.2) is 5.43 Å². The second-order valence-electron chi connectivity index (χ2n) is 7.24. The molecule has 2 N–H and O–H groups in total. The van der Waals surface area contributed by atoms with Crippen LogP contribution in [0.5, 0.6) is 11.5 Å². The SMILES string of the molecule is COc1cc(/C=N/NC(=O)C(=O)Nc2ccc(C)c(Cl)c2)ccc1OCc1ccccc1C. The Morgan fingerprint density at radius 3 is 2.48 bits per heavy atom. The molecule has 0 bridgehead atoms. The molecule has 0 saturated heterocycles. The molecule has 2 amide bonds. The van der Waals surface area contributed by atoms with Crippen LogP contribution in [-0.4, -0.2) is 25.1 Å². The Morgan fingerprint density at radius 2 is 1.76 bits per heavy atom. The van der Waals surface area contributed by atoms with Crippen LogP contribution in [0.2, 0.25) is 5.02 Å². The van der Waals surface area contributed by atoms with Crippen LogP contribution >= 0.6 is 11.6 Å². The molecule has 33 heavy (non-hydrogen) atoms. The maximum Gasteiger partial charge on any atom is 0.329 e. The Balaban J connectivity index is 1.57. The number of methoxy groups -OCH3 is 1. The number of carbonyl (C=O) groups is 2. The van der Waals surface area contributed by atoms with E-state index in [1.165, 1.54) is 6.21 Å². The number of carbonyl (C=O) groups excluding carboxylic acids is 2. The summed E-state index contributed by atoms with van der Waals surface area (Å²) in [5.41, 5.74) is 6.36. The van der Waals surface area contributed by atoms with Gasteiger partial charge < -0.3 is 14.8 Å². The van der Waals surface area contributed by atoms with Gasteiger partial charge in [-0.3, -0.25) is 9.59 Å². The lowest BCUT2D eigenvalue weighted by molar-refractivity contribution is -0.136. The Kier molecular flexibility index (Phi) is 8.05. The zero-order valence-corrected chi connectivity index (χ0v) is 19.3. The highest BCUT2D eigenvalue weighted by atomic mass is 35.5. The molecule has 0 atom stereocenters. The maximum absolute atomic E-state index is 12.0. The molecule has 0 saturated carbocycles. The third-order valence-corrected chi connectivity index (χ3v) is 5.25. The summed E-state index contributed by atoms with van der Waals surface area (Å²) in [4.78, 5) is 24.0. The topological polar surface area (TPSA) is 89.0 Å². The quantitative estimate of drug-likeness (QED) is 0.302. The molecule has 0 fully saturated rings. The molecule has 7 nitrogen and oxygen atoms in total. The molecule has 0 spiro atoms. The highest BCUT2D eigenvalue weighted by Gasteiger charge is 2.13. The van der Waals surface area contributed by atoms with E-state index in [1.54, 1.807) is 43.5 Å². The zero-order chi connectivity index (χ0) is 23.8. The van der Waals surface area contributed by atoms with Crippen molar-refractivity contribution in [2.24, 2.45) is 5.10 Å². The fourth-order valence-corrected chi connectivity index (χ4v) is 3.07. The Morgan fingerprint density at radius 1 is 0.970 bits per heavy atom. The summed E-state index contributed by atoms with van der Waals surface area (Å²) in [7, 11) is 1.54. The van der Waals surface area contributed by atoms with Crippen LogP contribution in [-0.2, 0) is 16.2 Å². The molecule has 0 aliphatic carbocycles. The van der Waals surface area contributed by atoms with Crippen molar-refractivity contribution in [3.63, 3.8) is 0 Å². The molecule has 0 aliphatic heterocycles. The van der Waals surface area contributed by atoms with Gasteiger partial charge in [-0.05, 0) is 66.4 Å². The molecule has 170 valence electrons. The minimum absolute atomic E-state index is 0.411. The average Bonchev–Trinajstić information content (AvgIpc) is 2.81. The molecule has 0 unspecified atom stereocenters.